The number of carbonyl (C=O) groups excluding carboxylic acids is 2. The highest BCUT2D eigenvalue weighted by Gasteiger charge is 2.19. The minimum atomic E-state index is -0.515. The fourth-order valence-corrected chi connectivity index (χ4v) is 4.57. The smallest absolute Gasteiger partial charge is 0.355 e. The lowest BCUT2D eigenvalue weighted by Crippen LogP contribution is -2.17. The molecular formula is C24H15ClN2O5S. The molecule has 1 N–H and O–H groups in total. The van der Waals surface area contributed by atoms with E-state index >= 15 is 0 Å². The molecule has 0 fully saturated rings. The lowest BCUT2D eigenvalue weighted by Gasteiger charge is -2.04. The van der Waals surface area contributed by atoms with Crippen LogP contribution in [0.4, 0.5) is 0 Å². The largest absolute Gasteiger partial charge is 0.454 e. The molecule has 0 radical (unpaired) electrons. The maximum atomic E-state index is 12.6. The van der Waals surface area contributed by atoms with Crippen LogP contribution in [0, 0.1) is 0 Å². The van der Waals surface area contributed by atoms with Crippen LogP contribution in [0.2, 0.25) is 5.02 Å². The van der Waals surface area contributed by atoms with Gasteiger partial charge in [0.1, 0.15) is 10.6 Å². The molecule has 1 aliphatic heterocycles. The van der Waals surface area contributed by atoms with E-state index < -0.39 is 5.97 Å². The van der Waals surface area contributed by atoms with Gasteiger partial charge in [-0.2, -0.15) is 5.10 Å². The molecule has 9 heteroatoms. The molecule has 0 aliphatic carbocycles. The predicted molar refractivity (Wildman–Crippen MR) is 126 cm³/mol. The third kappa shape index (κ3) is 4.39. The summed E-state index contributed by atoms with van der Waals surface area (Å²) in [5.74, 6) is 0.600. The third-order valence-electron chi connectivity index (χ3n) is 4.83. The van der Waals surface area contributed by atoms with Gasteiger partial charge in [0.2, 0.25) is 6.79 Å². The van der Waals surface area contributed by atoms with Crippen LogP contribution in [0.15, 0.2) is 71.8 Å². The van der Waals surface area contributed by atoms with Gasteiger partial charge >= 0.3 is 5.97 Å². The van der Waals surface area contributed by atoms with Gasteiger partial charge < -0.3 is 14.2 Å². The van der Waals surface area contributed by atoms with Crippen LogP contribution < -0.4 is 19.6 Å². The number of nitrogens with one attached hydrogen (secondary N) is 1. The molecular weight excluding hydrogens is 464 g/mol. The van der Waals surface area contributed by atoms with Gasteiger partial charge in [-0.25, -0.2) is 10.2 Å². The molecule has 1 aliphatic rings. The van der Waals surface area contributed by atoms with Gasteiger partial charge in [0.05, 0.1) is 11.2 Å². The molecule has 0 spiro atoms. The average Bonchev–Trinajstić information content (AvgIpc) is 3.44. The summed E-state index contributed by atoms with van der Waals surface area (Å²) >= 11 is 7.63. The van der Waals surface area contributed by atoms with Crippen LogP contribution in [-0.4, -0.2) is 24.9 Å². The van der Waals surface area contributed by atoms with Crippen molar-refractivity contribution in [3.05, 3.63) is 87.8 Å². The van der Waals surface area contributed by atoms with Crippen molar-refractivity contribution in [2.24, 2.45) is 5.10 Å². The second-order valence-electron chi connectivity index (χ2n) is 6.97. The number of carbonyl (C=O) groups is 2. The number of amides is 1. The summed E-state index contributed by atoms with van der Waals surface area (Å²) < 4.78 is 16.9. The van der Waals surface area contributed by atoms with E-state index in [1.54, 1.807) is 42.5 Å². The van der Waals surface area contributed by atoms with Gasteiger partial charge in [-0.05, 0) is 54.1 Å². The topological polar surface area (TPSA) is 86.2 Å². The van der Waals surface area contributed by atoms with Gasteiger partial charge in [0.15, 0.2) is 11.5 Å². The number of thiophene rings is 1. The predicted octanol–water partition coefficient (Wildman–Crippen LogP) is 5.27. The Balaban J connectivity index is 1.20. The molecule has 7 nitrogen and oxygen atoms in total. The zero-order chi connectivity index (χ0) is 22.8. The van der Waals surface area contributed by atoms with E-state index in [1.165, 1.54) is 17.6 Å². The molecule has 2 heterocycles. The number of benzene rings is 3. The van der Waals surface area contributed by atoms with Crippen LogP contribution in [0.5, 0.6) is 17.2 Å². The Morgan fingerprint density at radius 2 is 1.82 bits per heavy atom. The lowest BCUT2D eigenvalue weighted by molar-refractivity contribution is 0.0739. The monoisotopic (exact) mass is 478 g/mol. The van der Waals surface area contributed by atoms with Crippen LogP contribution in [0.3, 0.4) is 0 Å². The Morgan fingerprint density at radius 3 is 2.64 bits per heavy atom. The Kier molecular flexibility index (Phi) is 5.68. The van der Waals surface area contributed by atoms with Crippen LogP contribution >= 0.6 is 22.9 Å². The van der Waals surface area contributed by atoms with Gasteiger partial charge in [-0.3, -0.25) is 4.79 Å². The highest BCUT2D eigenvalue weighted by atomic mass is 35.5. The van der Waals surface area contributed by atoms with E-state index in [0.29, 0.717) is 38.3 Å². The third-order valence-corrected chi connectivity index (χ3v) is 6.48. The fourth-order valence-electron chi connectivity index (χ4n) is 3.19. The molecule has 5 rings (SSSR count). The van der Waals surface area contributed by atoms with Crippen molar-refractivity contribution in [1.29, 1.82) is 0 Å². The summed E-state index contributed by atoms with van der Waals surface area (Å²) in [5, 5.41) is 5.18. The van der Waals surface area contributed by atoms with Crippen molar-refractivity contribution >= 4 is 51.1 Å². The molecule has 0 bridgehead atoms. The maximum absolute atomic E-state index is 12.6. The molecule has 0 saturated heterocycles. The summed E-state index contributed by atoms with van der Waals surface area (Å²) in [6, 6.07) is 19.1. The number of hydrazone groups is 1. The van der Waals surface area contributed by atoms with Crippen molar-refractivity contribution in [3.8, 4) is 17.2 Å². The first-order chi connectivity index (χ1) is 16.1. The molecule has 33 heavy (non-hydrogen) atoms. The van der Waals surface area contributed by atoms with Crippen molar-refractivity contribution in [2.75, 3.05) is 6.79 Å². The summed E-state index contributed by atoms with van der Waals surface area (Å²) in [5.41, 5.74) is 3.57. The zero-order valence-corrected chi connectivity index (χ0v) is 18.5. The first-order valence-corrected chi connectivity index (χ1v) is 11.0. The van der Waals surface area contributed by atoms with E-state index in [0.717, 1.165) is 10.1 Å². The maximum Gasteiger partial charge on any atom is 0.355 e. The molecule has 4 aromatic rings. The molecule has 0 unspecified atom stereocenters. The Labute approximate surface area is 197 Å². The van der Waals surface area contributed by atoms with Gasteiger partial charge in [-0.15, -0.1) is 11.3 Å². The lowest BCUT2D eigenvalue weighted by atomic mass is 10.2. The van der Waals surface area contributed by atoms with Crippen molar-refractivity contribution in [1.82, 2.24) is 5.43 Å². The molecule has 1 aromatic heterocycles. The second kappa shape index (κ2) is 8.93. The van der Waals surface area contributed by atoms with E-state index in [1.807, 2.05) is 24.3 Å². The Morgan fingerprint density at radius 1 is 1.03 bits per heavy atom. The first kappa shape index (κ1) is 21.0. The number of esters is 1. The van der Waals surface area contributed by atoms with Gasteiger partial charge in [-0.1, -0.05) is 29.8 Å². The number of fused-ring (bicyclic) bond motifs is 2. The van der Waals surface area contributed by atoms with E-state index in [-0.39, 0.29) is 12.7 Å². The summed E-state index contributed by atoms with van der Waals surface area (Å²) in [6.07, 6.45) is 1.49. The van der Waals surface area contributed by atoms with E-state index in [2.05, 4.69) is 10.5 Å². The number of rotatable bonds is 5. The van der Waals surface area contributed by atoms with Crippen LogP contribution in [-0.2, 0) is 0 Å². The molecule has 0 atom stereocenters. The summed E-state index contributed by atoms with van der Waals surface area (Å²) in [6.45, 7) is 0.140. The van der Waals surface area contributed by atoms with Crippen molar-refractivity contribution in [3.63, 3.8) is 0 Å². The van der Waals surface area contributed by atoms with Crippen LogP contribution in [0.1, 0.15) is 25.6 Å². The molecule has 0 saturated carbocycles. The van der Waals surface area contributed by atoms with Crippen molar-refractivity contribution in [2.45, 2.75) is 0 Å². The highest BCUT2D eigenvalue weighted by molar-refractivity contribution is 7.21. The summed E-state index contributed by atoms with van der Waals surface area (Å²) in [4.78, 5) is 25.2. The molecule has 1 amide bonds. The Bertz CT molecular complexity index is 1400. The first-order valence-electron chi connectivity index (χ1n) is 9.81. The second-order valence-corrected chi connectivity index (χ2v) is 8.40. The number of hydrogen-bond donors (Lipinski definition) is 1. The fraction of sp³-hybridized carbons (Fsp3) is 0.0417. The minimum absolute atomic E-state index is 0.140. The molecule has 164 valence electrons. The SMILES string of the molecule is O=C(N/N=C/c1ccc(OC(=O)c2sc3ccccc3c2Cl)cc1)c1ccc2c(c1)OCO2. The van der Waals surface area contributed by atoms with E-state index in [9.17, 15) is 9.59 Å². The standard InChI is InChI=1S/C24H15ClN2O5S/c25-21-17-3-1-2-4-20(17)33-22(21)24(29)32-16-8-5-14(6-9-16)12-26-27-23(28)15-7-10-18-19(11-15)31-13-30-18/h1-12H,13H2,(H,27,28)/b26-12+. The number of nitrogens with zero attached hydrogens (tertiary/aromatic N) is 1. The number of hydrogen-bond acceptors (Lipinski definition) is 7. The van der Waals surface area contributed by atoms with Crippen molar-refractivity contribution < 1.29 is 23.8 Å². The number of ether oxygens (including phenoxy) is 3. The van der Waals surface area contributed by atoms with E-state index in [4.69, 9.17) is 25.8 Å². The number of halogens is 1. The normalized spacial score (nSPS) is 12.3. The van der Waals surface area contributed by atoms with Crippen LogP contribution in [0.25, 0.3) is 10.1 Å². The zero-order valence-electron chi connectivity index (χ0n) is 16.9. The van der Waals surface area contributed by atoms with Gasteiger partial charge in [0.25, 0.3) is 5.91 Å². The highest BCUT2D eigenvalue weighted by Crippen LogP contribution is 2.36. The summed E-state index contributed by atoms with van der Waals surface area (Å²) in [7, 11) is 0. The van der Waals surface area contributed by atoms with Gasteiger partial charge in [0, 0.05) is 15.6 Å². The average molecular weight is 479 g/mol. The quantitative estimate of drug-likeness (QED) is 0.183. The Hall–Kier alpha value is -3.88. The minimum Gasteiger partial charge on any atom is -0.454 e. The molecule has 3 aromatic carbocycles.